The van der Waals surface area contributed by atoms with Crippen molar-refractivity contribution < 1.29 is 5.11 Å². The normalized spacial score (nSPS) is 32.4. The van der Waals surface area contributed by atoms with Crippen LogP contribution in [0.4, 0.5) is 0 Å². The average molecular weight is 209 g/mol. The van der Waals surface area contributed by atoms with Crippen molar-refractivity contribution in [3.63, 3.8) is 0 Å². The Morgan fingerprint density at radius 1 is 1.67 bits per heavy atom. The number of aryl methyl sites for hydroxylation is 1. The lowest BCUT2D eigenvalue weighted by molar-refractivity contribution is 0.0359. The average Bonchev–Trinajstić information content (AvgIpc) is 2.73. The van der Waals surface area contributed by atoms with Crippen LogP contribution >= 0.6 is 0 Å². The van der Waals surface area contributed by atoms with E-state index in [0.29, 0.717) is 12.6 Å². The van der Waals surface area contributed by atoms with E-state index in [-0.39, 0.29) is 0 Å². The molecule has 1 aliphatic heterocycles. The maximum Gasteiger partial charge on any atom is 0.142 e. The molecule has 15 heavy (non-hydrogen) atoms. The summed E-state index contributed by atoms with van der Waals surface area (Å²) in [6.07, 6.45) is 4.45. The predicted octanol–water partition coefficient (Wildman–Crippen LogP) is 0.815. The third-order valence-electron chi connectivity index (χ3n) is 3.37. The first kappa shape index (κ1) is 10.6. The second-order valence-corrected chi connectivity index (χ2v) is 4.54. The van der Waals surface area contributed by atoms with Crippen molar-refractivity contribution in [2.75, 3.05) is 13.6 Å². The molecule has 84 valence electrons. The highest BCUT2D eigenvalue weighted by molar-refractivity contribution is 5.10. The SMILES string of the molecule is CCn1ccnc1C1(O)CC(C)N(C)C1. The molecule has 2 atom stereocenters. The number of hydrogen-bond donors (Lipinski definition) is 1. The second kappa shape index (κ2) is 3.61. The van der Waals surface area contributed by atoms with Gasteiger partial charge in [0.2, 0.25) is 0 Å². The van der Waals surface area contributed by atoms with Crippen LogP contribution in [0.1, 0.15) is 26.1 Å². The Hall–Kier alpha value is -0.870. The molecule has 4 nitrogen and oxygen atoms in total. The number of likely N-dealkylation sites (tertiary alicyclic amines) is 1. The summed E-state index contributed by atoms with van der Waals surface area (Å²) in [5, 5.41) is 10.6. The van der Waals surface area contributed by atoms with Crippen molar-refractivity contribution in [3.8, 4) is 0 Å². The predicted molar refractivity (Wildman–Crippen MR) is 58.5 cm³/mol. The van der Waals surface area contributed by atoms with Gasteiger partial charge >= 0.3 is 0 Å². The van der Waals surface area contributed by atoms with E-state index in [4.69, 9.17) is 0 Å². The van der Waals surface area contributed by atoms with E-state index < -0.39 is 5.60 Å². The molecule has 1 aromatic heterocycles. The van der Waals surface area contributed by atoms with Gasteiger partial charge in [-0.2, -0.15) is 0 Å². The number of aliphatic hydroxyl groups is 1. The number of rotatable bonds is 2. The van der Waals surface area contributed by atoms with E-state index in [9.17, 15) is 5.11 Å². The maximum absolute atomic E-state index is 10.6. The quantitative estimate of drug-likeness (QED) is 0.784. The third-order valence-corrected chi connectivity index (χ3v) is 3.37. The molecule has 0 aliphatic carbocycles. The number of aromatic nitrogens is 2. The van der Waals surface area contributed by atoms with Crippen molar-refractivity contribution in [2.45, 2.75) is 38.5 Å². The van der Waals surface area contributed by atoms with Crippen LogP contribution in [0, 0.1) is 0 Å². The number of β-amino-alcohol motifs (C(OH)–C–C–N with tert-alkyl or cyclic N) is 1. The lowest BCUT2D eigenvalue weighted by atomic mass is 10.00. The van der Waals surface area contributed by atoms with E-state index >= 15 is 0 Å². The lowest BCUT2D eigenvalue weighted by Gasteiger charge is -2.22. The molecule has 1 aliphatic rings. The highest BCUT2D eigenvalue weighted by Gasteiger charge is 2.43. The zero-order valence-corrected chi connectivity index (χ0v) is 9.64. The number of imidazole rings is 1. The van der Waals surface area contributed by atoms with Crippen LogP contribution in [0.5, 0.6) is 0 Å². The maximum atomic E-state index is 10.6. The molecule has 1 fully saturated rings. The van der Waals surface area contributed by atoms with E-state index in [1.807, 2.05) is 17.8 Å². The molecule has 0 radical (unpaired) electrons. The van der Waals surface area contributed by atoms with Gasteiger partial charge in [0, 0.05) is 31.5 Å². The highest BCUT2D eigenvalue weighted by Crippen LogP contribution is 2.33. The molecular formula is C11H19N3O. The molecule has 0 spiro atoms. The van der Waals surface area contributed by atoms with Gasteiger partial charge in [-0.3, -0.25) is 0 Å². The molecule has 0 bridgehead atoms. The largest absolute Gasteiger partial charge is 0.380 e. The molecule has 2 unspecified atom stereocenters. The molecule has 1 saturated heterocycles. The van der Waals surface area contributed by atoms with Gasteiger partial charge in [-0.1, -0.05) is 0 Å². The molecular weight excluding hydrogens is 190 g/mol. The van der Waals surface area contributed by atoms with Crippen molar-refractivity contribution >= 4 is 0 Å². The Morgan fingerprint density at radius 3 is 2.93 bits per heavy atom. The highest BCUT2D eigenvalue weighted by atomic mass is 16.3. The monoisotopic (exact) mass is 209 g/mol. The zero-order chi connectivity index (χ0) is 11.1. The van der Waals surface area contributed by atoms with Crippen LogP contribution in [-0.2, 0) is 12.1 Å². The van der Waals surface area contributed by atoms with E-state index in [1.165, 1.54) is 0 Å². The van der Waals surface area contributed by atoms with Crippen LogP contribution < -0.4 is 0 Å². The Kier molecular flexibility index (Phi) is 2.56. The fraction of sp³-hybridized carbons (Fsp3) is 0.727. The topological polar surface area (TPSA) is 41.3 Å². The first-order valence-electron chi connectivity index (χ1n) is 5.51. The first-order chi connectivity index (χ1) is 7.07. The third kappa shape index (κ3) is 1.68. The minimum atomic E-state index is -0.770. The number of nitrogens with zero attached hydrogens (tertiary/aromatic N) is 3. The van der Waals surface area contributed by atoms with Gasteiger partial charge in [-0.25, -0.2) is 4.98 Å². The number of likely N-dealkylation sites (N-methyl/N-ethyl adjacent to an activating group) is 1. The van der Waals surface area contributed by atoms with Gasteiger partial charge in [-0.15, -0.1) is 0 Å². The molecule has 0 saturated carbocycles. The Bertz CT molecular complexity index is 337. The Balaban J connectivity index is 2.31. The minimum absolute atomic E-state index is 0.414. The summed E-state index contributed by atoms with van der Waals surface area (Å²) in [6, 6.07) is 0.414. The summed E-state index contributed by atoms with van der Waals surface area (Å²) in [5.41, 5.74) is -0.770. The van der Waals surface area contributed by atoms with Crippen molar-refractivity contribution in [3.05, 3.63) is 18.2 Å². The molecule has 1 N–H and O–H groups in total. The van der Waals surface area contributed by atoms with E-state index in [0.717, 1.165) is 18.8 Å². The smallest absolute Gasteiger partial charge is 0.142 e. The van der Waals surface area contributed by atoms with Crippen LogP contribution in [0.25, 0.3) is 0 Å². The minimum Gasteiger partial charge on any atom is -0.380 e. The standard InChI is InChI=1S/C11H19N3O/c1-4-14-6-5-12-10(14)11(15)7-9(2)13(3)8-11/h5-6,9,15H,4,7-8H2,1-3H3. The fourth-order valence-electron chi connectivity index (χ4n) is 2.41. The van der Waals surface area contributed by atoms with Gasteiger partial charge in [0.1, 0.15) is 11.4 Å². The summed E-state index contributed by atoms with van der Waals surface area (Å²) in [4.78, 5) is 6.47. The summed E-state index contributed by atoms with van der Waals surface area (Å²) in [7, 11) is 2.04. The van der Waals surface area contributed by atoms with Crippen molar-refractivity contribution in [1.29, 1.82) is 0 Å². The summed E-state index contributed by atoms with van der Waals surface area (Å²) in [5.74, 6) is 0.807. The lowest BCUT2D eigenvalue weighted by Crippen LogP contribution is -2.32. The second-order valence-electron chi connectivity index (χ2n) is 4.54. The van der Waals surface area contributed by atoms with Crippen LogP contribution in [-0.4, -0.2) is 39.2 Å². The molecule has 0 amide bonds. The molecule has 2 rings (SSSR count). The van der Waals surface area contributed by atoms with Crippen LogP contribution in [0.2, 0.25) is 0 Å². The molecule has 4 heteroatoms. The van der Waals surface area contributed by atoms with E-state index in [2.05, 4.69) is 23.7 Å². The zero-order valence-electron chi connectivity index (χ0n) is 9.64. The number of hydrogen-bond acceptors (Lipinski definition) is 3. The van der Waals surface area contributed by atoms with Crippen molar-refractivity contribution in [1.82, 2.24) is 14.5 Å². The Labute approximate surface area is 90.5 Å². The Morgan fingerprint density at radius 2 is 2.40 bits per heavy atom. The van der Waals surface area contributed by atoms with Gasteiger partial charge in [0.15, 0.2) is 0 Å². The summed E-state index contributed by atoms with van der Waals surface area (Å²) in [6.45, 7) is 5.73. The van der Waals surface area contributed by atoms with Gasteiger partial charge in [-0.05, 0) is 27.3 Å². The van der Waals surface area contributed by atoms with Gasteiger partial charge < -0.3 is 14.6 Å². The van der Waals surface area contributed by atoms with E-state index in [1.54, 1.807) is 6.20 Å². The first-order valence-corrected chi connectivity index (χ1v) is 5.51. The fourth-order valence-corrected chi connectivity index (χ4v) is 2.41. The molecule has 1 aromatic rings. The molecule has 2 heterocycles. The van der Waals surface area contributed by atoms with Crippen LogP contribution in [0.3, 0.4) is 0 Å². The van der Waals surface area contributed by atoms with Gasteiger partial charge in [0.05, 0.1) is 0 Å². The molecule has 0 aromatic carbocycles. The van der Waals surface area contributed by atoms with Gasteiger partial charge in [0.25, 0.3) is 0 Å². The summed E-state index contributed by atoms with van der Waals surface area (Å²) >= 11 is 0. The summed E-state index contributed by atoms with van der Waals surface area (Å²) < 4.78 is 2.02. The van der Waals surface area contributed by atoms with Crippen molar-refractivity contribution in [2.24, 2.45) is 0 Å². The van der Waals surface area contributed by atoms with Crippen LogP contribution in [0.15, 0.2) is 12.4 Å².